The lowest BCUT2D eigenvalue weighted by atomic mass is 10.1. The molecule has 6 heteroatoms. The van der Waals surface area contributed by atoms with E-state index in [4.69, 9.17) is 0 Å². The number of hydrogen-bond donors (Lipinski definition) is 2. The summed E-state index contributed by atoms with van der Waals surface area (Å²) >= 11 is 0. The van der Waals surface area contributed by atoms with Gasteiger partial charge in [0.2, 0.25) is 0 Å². The van der Waals surface area contributed by atoms with E-state index < -0.39 is 0 Å². The van der Waals surface area contributed by atoms with E-state index in [1.807, 2.05) is 12.1 Å². The lowest BCUT2D eigenvalue weighted by Gasteiger charge is -2.34. The zero-order valence-electron chi connectivity index (χ0n) is 17.2. The number of nitrogens with zero attached hydrogens (tertiary/aromatic N) is 2. The molecule has 0 radical (unpaired) electrons. The number of likely N-dealkylation sites (N-methyl/N-ethyl adjacent to an activating group) is 1. The van der Waals surface area contributed by atoms with Crippen molar-refractivity contribution in [3.8, 4) is 0 Å². The maximum Gasteiger partial charge on any atom is 0.315 e. The van der Waals surface area contributed by atoms with Gasteiger partial charge >= 0.3 is 6.03 Å². The van der Waals surface area contributed by atoms with E-state index in [0.29, 0.717) is 19.5 Å². The van der Waals surface area contributed by atoms with E-state index in [1.54, 1.807) is 6.07 Å². The van der Waals surface area contributed by atoms with Crippen LogP contribution in [0.25, 0.3) is 0 Å². The van der Waals surface area contributed by atoms with E-state index in [2.05, 4.69) is 45.6 Å². The SMILES string of the molecule is CCN1CCN(Cc2ccccc2CNC(=O)NCCc2cccc(F)c2)CC1. The molecule has 1 fully saturated rings. The van der Waals surface area contributed by atoms with Gasteiger partial charge in [-0.3, -0.25) is 4.90 Å². The van der Waals surface area contributed by atoms with Gasteiger partial charge in [-0.1, -0.05) is 43.3 Å². The lowest BCUT2D eigenvalue weighted by molar-refractivity contribution is 0.131. The Kier molecular flexibility index (Phi) is 8.02. The normalized spacial score (nSPS) is 15.2. The van der Waals surface area contributed by atoms with Gasteiger partial charge in [-0.15, -0.1) is 0 Å². The third-order valence-electron chi connectivity index (χ3n) is 5.45. The Morgan fingerprint density at radius 3 is 2.41 bits per heavy atom. The Morgan fingerprint density at radius 1 is 0.966 bits per heavy atom. The number of carbonyl (C=O) groups excluding carboxylic acids is 1. The number of amides is 2. The zero-order valence-corrected chi connectivity index (χ0v) is 17.2. The Morgan fingerprint density at radius 2 is 1.69 bits per heavy atom. The molecule has 2 aromatic carbocycles. The Bertz CT molecular complexity index is 790. The minimum Gasteiger partial charge on any atom is -0.338 e. The van der Waals surface area contributed by atoms with E-state index in [0.717, 1.165) is 50.4 Å². The summed E-state index contributed by atoms with van der Waals surface area (Å²) in [5.41, 5.74) is 3.28. The number of halogens is 1. The second kappa shape index (κ2) is 10.9. The molecule has 0 aromatic heterocycles. The summed E-state index contributed by atoms with van der Waals surface area (Å²) < 4.78 is 13.2. The summed E-state index contributed by atoms with van der Waals surface area (Å²) in [6.07, 6.45) is 0.603. The predicted molar refractivity (Wildman–Crippen MR) is 114 cm³/mol. The zero-order chi connectivity index (χ0) is 20.5. The maximum atomic E-state index is 13.2. The van der Waals surface area contributed by atoms with Crippen LogP contribution in [0.15, 0.2) is 48.5 Å². The van der Waals surface area contributed by atoms with Gasteiger partial charge in [0.25, 0.3) is 0 Å². The first-order valence-corrected chi connectivity index (χ1v) is 10.4. The van der Waals surface area contributed by atoms with Crippen molar-refractivity contribution in [2.24, 2.45) is 0 Å². The summed E-state index contributed by atoms with van der Waals surface area (Å²) in [5.74, 6) is -0.250. The van der Waals surface area contributed by atoms with Crippen LogP contribution in [0.3, 0.4) is 0 Å². The fourth-order valence-corrected chi connectivity index (χ4v) is 3.64. The van der Waals surface area contributed by atoms with Gasteiger partial charge in [0.1, 0.15) is 5.82 Å². The van der Waals surface area contributed by atoms with Crippen LogP contribution in [0.2, 0.25) is 0 Å². The fourth-order valence-electron chi connectivity index (χ4n) is 3.64. The molecule has 0 spiro atoms. The molecule has 0 saturated carbocycles. The van der Waals surface area contributed by atoms with Crippen molar-refractivity contribution in [1.82, 2.24) is 20.4 Å². The molecule has 0 aliphatic carbocycles. The van der Waals surface area contributed by atoms with Crippen molar-refractivity contribution in [1.29, 1.82) is 0 Å². The van der Waals surface area contributed by atoms with Gasteiger partial charge in [0.15, 0.2) is 0 Å². The fraction of sp³-hybridized carbons (Fsp3) is 0.435. The van der Waals surface area contributed by atoms with Crippen molar-refractivity contribution in [3.63, 3.8) is 0 Å². The molecule has 156 valence electrons. The summed E-state index contributed by atoms with van der Waals surface area (Å²) in [7, 11) is 0. The van der Waals surface area contributed by atoms with Crippen molar-refractivity contribution in [2.75, 3.05) is 39.3 Å². The van der Waals surface area contributed by atoms with Crippen molar-refractivity contribution < 1.29 is 9.18 Å². The van der Waals surface area contributed by atoms with E-state index >= 15 is 0 Å². The third-order valence-corrected chi connectivity index (χ3v) is 5.45. The molecule has 1 heterocycles. The average molecular weight is 399 g/mol. The van der Waals surface area contributed by atoms with Crippen LogP contribution in [0, 0.1) is 5.82 Å². The molecule has 1 saturated heterocycles. The van der Waals surface area contributed by atoms with Crippen molar-refractivity contribution in [2.45, 2.75) is 26.4 Å². The van der Waals surface area contributed by atoms with E-state index in [1.165, 1.54) is 17.7 Å². The van der Waals surface area contributed by atoms with Crippen LogP contribution >= 0.6 is 0 Å². The van der Waals surface area contributed by atoms with Crippen LogP contribution in [-0.4, -0.2) is 55.1 Å². The Hall–Kier alpha value is -2.44. The molecule has 5 nitrogen and oxygen atoms in total. The minimum absolute atomic E-state index is 0.201. The molecule has 0 bridgehead atoms. The molecule has 29 heavy (non-hydrogen) atoms. The number of piperazine rings is 1. The van der Waals surface area contributed by atoms with E-state index in [-0.39, 0.29) is 11.8 Å². The molecule has 1 aliphatic heterocycles. The van der Waals surface area contributed by atoms with Crippen molar-refractivity contribution in [3.05, 3.63) is 71.0 Å². The van der Waals surface area contributed by atoms with Crippen LogP contribution in [-0.2, 0) is 19.5 Å². The number of carbonyl (C=O) groups is 1. The summed E-state index contributed by atoms with van der Waals surface area (Å²) in [5, 5.41) is 5.78. The molecule has 2 N–H and O–H groups in total. The standard InChI is InChI=1S/C23H31FN4O/c1-2-27-12-14-28(15-13-27)18-21-8-4-3-7-20(21)17-26-23(29)25-11-10-19-6-5-9-22(24)16-19/h3-9,16H,2,10-15,17-18H2,1H3,(H2,25,26,29). The highest BCUT2D eigenvalue weighted by atomic mass is 19.1. The van der Waals surface area contributed by atoms with Gasteiger partial charge in [0, 0.05) is 45.8 Å². The first-order valence-electron chi connectivity index (χ1n) is 10.4. The van der Waals surface area contributed by atoms with Crippen LogP contribution in [0.5, 0.6) is 0 Å². The first-order chi connectivity index (χ1) is 14.1. The molecule has 0 atom stereocenters. The lowest BCUT2D eigenvalue weighted by Crippen LogP contribution is -2.45. The monoisotopic (exact) mass is 398 g/mol. The number of nitrogens with one attached hydrogen (secondary N) is 2. The third kappa shape index (κ3) is 6.84. The van der Waals surface area contributed by atoms with Gasteiger partial charge in [-0.25, -0.2) is 9.18 Å². The second-order valence-electron chi connectivity index (χ2n) is 7.47. The molecule has 3 rings (SSSR count). The highest BCUT2D eigenvalue weighted by molar-refractivity contribution is 5.73. The summed E-state index contributed by atoms with van der Waals surface area (Å²) in [6.45, 7) is 9.59. The van der Waals surface area contributed by atoms with Crippen LogP contribution in [0.1, 0.15) is 23.6 Å². The van der Waals surface area contributed by atoms with Crippen LogP contribution < -0.4 is 10.6 Å². The largest absolute Gasteiger partial charge is 0.338 e. The molecule has 0 unspecified atom stereocenters. The number of urea groups is 1. The van der Waals surface area contributed by atoms with Crippen LogP contribution in [0.4, 0.5) is 9.18 Å². The minimum atomic E-state index is -0.250. The van der Waals surface area contributed by atoms with Gasteiger partial charge < -0.3 is 15.5 Å². The average Bonchev–Trinajstić information content (AvgIpc) is 2.74. The molecular weight excluding hydrogens is 367 g/mol. The quantitative estimate of drug-likeness (QED) is 0.719. The van der Waals surface area contributed by atoms with Gasteiger partial charge in [0.05, 0.1) is 0 Å². The first kappa shape index (κ1) is 21.3. The number of hydrogen-bond acceptors (Lipinski definition) is 3. The highest BCUT2D eigenvalue weighted by Crippen LogP contribution is 2.13. The molecular formula is C23H31FN4O. The Balaban J connectivity index is 1.43. The maximum absolute atomic E-state index is 13.2. The number of benzene rings is 2. The van der Waals surface area contributed by atoms with Crippen molar-refractivity contribution >= 4 is 6.03 Å². The summed E-state index contributed by atoms with van der Waals surface area (Å²) in [6, 6.07) is 14.5. The molecule has 1 aliphatic rings. The summed E-state index contributed by atoms with van der Waals surface area (Å²) in [4.78, 5) is 17.1. The van der Waals surface area contributed by atoms with Gasteiger partial charge in [-0.2, -0.15) is 0 Å². The second-order valence-corrected chi connectivity index (χ2v) is 7.47. The smallest absolute Gasteiger partial charge is 0.315 e. The Labute approximate surface area is 172 Å². The topological polar surface area (TPSA) is 47.6 Å². The molecule has 2 aromatic rings. The van der Waals surface area contributed by atoms with E-state index in [9.17, 15) is 9.18 Å². The molecule has 2 amide bonds. The van der Waals surface area contributed by atoms with Gasteiger partial charge in [-0.05, 0) is 41.8 Å². The predicted octanol–water partition coefficient (Wildman–Crippen LogP) is 3.01. The highest BCUT2D eigenvalue weighted by Gasteiger charge is 2.16. The number of rotatable bonds is 8.